The highest BCUT2D eigenvalue weighted by Crippen LogP contribution is 2.22. The van der Waals surface area contributed by atoms with Crippen molar-refractivity contribution in [2.45, 2.75) is 45.4 Å². The lowest BCUT2D eigenvalue weighted by Gasteiger charge is -2.19. The van der Waals surface area contributed by atoms with Gasteiger partial charge in [0.25, 0.3) is 0 Å². The van der Waals surface area contributed by atoms with Gasteiger partial charge in [-0.3, -0.25) is 4.99 Å². The van der Waals surface area contributed by atoms with Crippen LogP contribution in [0.15, 0.2) is 40.9 Å². The van der Waals surface area contributed by atoms with Crippen molar-refractivity contribution < 1.29 is 4.74 Å². The molecule has 0 atom stereocenters. The monoisotopic (exact) mass is 343 g/mol. The zero-order valence-corrected chi connectivity index (χ0v) is 16.2. The highest BCUT2D eigenvalue weighted by Gasteiger charge is 2.12. The van der Waals surface area contributed by atoms with Crippen LogP contribution in [0, 0.1) is 0 Å². The first-order valence-corrected chi connectivity index (χ1v) is 9.28. The van der Waals surface area contributed by atoms with Gasteiger partial charge >= 0.3 is 0 Å². The van der Waals surface area contributed by atoms with E-state index in [1.54, 1.807) is 0 Å². The first kappa shape index (κ1) is 19.5. The van der Waals surface area contributed by atoms with Gasteiger partial charge in [-0.15, -0.1) is 0 Å². The standard InChI is InChI=1S/C21H33N3O/c1-21(2,3)19-7-5-17(6-8-19)9-13-23-20(22-4)24-14-10-18-11-15-25-16-12-18/h5-8,11H,9-10,12-16H2,1-4H3,(H2,22,23,24). The van der Waals surface area contributed by atoms with Gasteiger partial charge in [-0.1, -0.05) is 56.7 Å². The number of ether oxygens (including phenoxy) is 1. The fraction of sp³-hybridized carbons (Fsp3) is 0.571. The molecular formula is C21H33N3O. The number of aliphatic imine (C=N–C) groups is 1. The quantitative estimate of drug-likeness (QED) is 0.472. The average molecular weight is 344 g/mol. The maximum Gasteiger partial charge on any atom is 0.190 e. The lowest BCUT2D eigenvalue weighted by Crippen LogP contribution is -2.38. The minimum atomic E-state index is 0.211. The molecular weight excluding hydrogens is 310 g/mol. The van der Waals surface area contributed by atoms with Gasteiger partial charge < -0.3 is 15.4 Å². The van der Waals surface area contributed by atoms with E-state index in [1.807, 2.05) is 7.05 Å². The van der Waals surface area contributed by atoms with Crippen molar-refractivity contribution in [1.82, 2.24) is 10.6 Å². The Labute approximate surface area is 152 Å². The molecule has 1 aliphatic rings. The summed E-state index contributed by atoms with van der Waals surface area (Å²) in [6, 6.07) is 8.94. The van der Waals surface area contributed by atoms with Crippen molar-refractivity contribution in [3.8, 4) is 0 Å². The Morgan fingerprint density at radius 3 is 2.32 bits per heavy atom. The Balaban J connectivity index is 1.69. The van der Waals surface area contributed by atoms with Crippen LogP contribution in [0.3, 0.4) is 0 Å². The molecule has 2 rings (SSSR count). The normalized spacial score (nSPS) is 15.7. The van der Waals surface area contributed by atoms with Crippen molar-refractivity contribution >= 4 is 5.96 Å². The molecule has 0 aromatic heterocycles. The maximum absolute atomic E-state index is 5.34. The van der Waals surface area contributed by atoms with Crippen molar-refractivity contribution in [1.29, 1.82) is 0 Å². The summed E-state index contributed by atoms with van der Waals surface area (Å²) in [4.78, 5) is 4.30. The van der Waals surface area contributed by atoms with Gasteiger partial charge in [0, 0.05) is 20.1 Å². The molecule has 1 aromatic carbocycles. The summed E-state index contributed by atoms with van der Waals surface area (Å²) in [5.41, 5.74) is 4.42. The van der Waals surface area contributed by atoms with Crippen LogP contribution in [-0.4, -0.2) is 39.3 Å². The fourth-order valence-electron chi connectivity index (χ4n) is 2.85. The molecule has 2 N–H and O–H groups in total. The van der Waals surface area contributed by atoms with Crippen LogP contribution >= 0.6 is 0 Å². The predicted octanol–water partition coefficient (Wildman–Crippen LogP) is 3.43. The number of rotatable bonds is 6. The topological polar surface area (TPSA) is 45.7 Å². The third-order valence-corrected chi connectivity index (χ3v) is 4.55. The van der Waals surface area contributed by atoms with E-state index in [1.165, 1.54) is 16.7 Å². The summed E-state index contributed by atoms with van der Waals surface area (Å²) in [6.07, 6.45) is 5.30. The number of nitrogens with zero attached hydrogens (tertiary/aromatic N) is 1. The molecule has 0 fully saturated rings. The van der Waals surface area contributed by atoms with Crippen LogP contribution in [-0.2, 0) is 16.6 Å². The van der Waals surface area contributed by atoms with Gasteiger partial charge in [-0.2, -0.15) is 0 Å². The van der Waals surface area contributed by atoms with Crippen molar-refractivity contribution in [3.63, 3.8) is 0 Å². The first-order chi connectivity index (χ1) is 12.0. The molecule has 0 bridgehead atoms. The Morgan fingerprint density at radius 2 is 1.76 bits per heavy atom. The van der Waals surface area contributed by atoms with Gasteiger partial charge in [0.05, 0.1) is 13.2 Å². The molecule has 1 aromatic rings. The summed E-state index contributed by atoms with van der Waals surface area (Å²) >= 11 is 0. The molecule has 1 heterocycles. The number of hydrogen-bond donors (Lipinski definition) is 2. The molecule has 0 amide bonds. The van der Waals surface area contributed by atoms with E-state index < -0.39 is 0 Å². The molecule has 0 unspecified atom stereocenters. The maximum atomic E-state index is 5.34. The first-order valence-electron chi connectivity index (χ1n) is 9.28. The van der Waals surface area contributed by atoms with Gasteiger partial charge in [-0.25, -0.2) is 0 Å². The van der Waals surface area contributed by atoms with Crippen LogP contribution in [0.1, 0.15) is 44.7 Å². The van der Waals surface area contributed by atoms with Crippen LogP contribution in [0.4, 0.5) is 0 Å². The minimum absolute atomic E-state index is 0.211. The smallest absolute Gasteiger partial charge is 0.190 e. The summed E-state index contributed by atoms with van der Waals surface area (Å²) in [5, 5.41) is 6.78. The zero-order valence-electron chi connectivity index (χ0n) is 16.2. The average Bonchev–Trinajstić information content (AvgIpc) is 2.61. The second-order valence-corrected chi connectivity index (χ2v) is 7.56. The number of nitrogens with one attached hydrogen (secondary N) is 2. The molecule has 0 radical (unpaired) electrons. The largest absolute Gasteiger partial charge is 0.377 e. The Bertz CT molecular complexity index is 582. The van der Waals surface area contributed by atoms with Crippen molar-refractivity contribution in [3.05, 3.63) is 47.0 Å². The minimum Gasteiger partial charge on any atom is -0.377 e. The molecule has 0 saturated carbocycles. The van der Waals surface area contributed by atoms with E-state index in [-0.39, 0.29) is 5.41 Å². The van der Waals surface area contributed by atoms with Crippen LogP contribution in [0.25, 0.3) is 0 Å². The Kier molecular flexibility index (Phi) is 7.51. The van der Waals surface area contributed by atoms with Gasteiger partial charge in [0.15, 0.2) is 5.96 Å². The van der Waals surface area contributed by atoms with E-state index in [0.29, 0.717) is 0 Å². The van der Waals surface area contributed by atoms with E-state index in [0.717, 1.165) is 51.5 Å². The molecule has 0 saturated heterocycles. The summed E-state index contributed by atoms with van der Waals surface area (Å²) in [5.74, 6) is 0.874. The summed E-state index contributed by atoms with van der Waals surface area (Å²) in [7, 11) is 1.82. The van der Waals surface area contributed by atoms with Gasteiger partial charge in [0.2, 0.25) is 0 Å². The van der Waals surface area contributed by atoms with Crippen molar-refractivity contribution in [2.24, 2.45) is 4.99 Å². The SMILES string of the molecule is CN=C(NCCC1=CCOCC1)NCCc1ccc(C(C)(C)C)cc1. The highest BCUT2D eigenvalue weighted by molar-refractivity contribution is 5.79. The van der Waals surface area contributed by atoms with Crippen molar-refractivity contribution in [2.75, 3.05) is 33.4 Å². The van der Waals surface area contributed by atoms with E-state index in [2.05, 4.69) is 66.7 Å². The van der Waals surface area contributed by atoms with Gasteiger partial charge in [0.1, 0.15) is 0 Å². The lowest BCUT2D eigenvalue weighted by molar-refractivity contribution is 0.153. The highest BCUT2D eigenvalue weighted by atomic mass is 16.5. The number of guanidine groups is 1. The van der Waals surface area contributed by atoms with Gasteiger partial charge in [-0.05, 0) is 35.8 Å². The van der Waals surface area contributed by atoms with Crippen LogP contribution in [0.5, 0.6) is 0 Å². The molecule has 0 aliphatic carbocycles. The predicted molar refractivity (Wildman–Crippen MR) is 106 cm³/mol. The third kappa shape index (κ3) is 6.91. The Morgan fingerprint density at radius 1 is 1.08 bits per heavy atom. The van der Waals surface area contributed by atoms with E-state index >= 15 is 0 Å². The molecule has 0 spiro atoms. The Hall–Kier alpha value is -1.81. The van der Waals surface area contributed by atoms with E-state index in [9.17, 15) is 0 Å². The summed E-state index contributed by atoms with van der Waals surface area (Å²) in [6.45, 7) is 10.1. The number of benzene rings is 1. The molecule has 4 nitrogen and oxygen atoms in total. The fourth-order valence-corrected chi connectivity index (χ4v) is 2.85. The van der Waals surface area contributed by atoms with Crippen LogP contribution in [0.2, 0.25) is 0 Å². The molecule has 25 heavy (non-hydrogen) atoms. The van der Waals surface area contributed by atoms with E-state index in [4.69, 9.17) is 4.74 Å². The molecule has 4 heteroatoms. The molecule has 138 valence electrons. The number of hydrogen-bond acceptors (Lipinski definition) is 2. The van der Waals surface area contributed by atoms with Crippen LogP contribution < -0.4 is 10.6 Å². The second-order valence-electron chi connectivity index (χ2n) is 7.56. The third-order valence-electron chi connectivity index (χ3n) is 4.55. The second kappa shape index (κ2) is 9.62. The molecule has 1 aliphatic heterocycles. The summed E-state index contributed by atoms with van der Waals surface area (Å²) < 4.78 is 5.34. The zero-order chi connectivity index (χ0) is 18.1. The lowest BCUT2D eigenvalue weighted by atomic mass is 9.86.